The van der Waals surface area contributed by atoms with Crippen molar-refractivity contribution in [2.24, 2.45) is 0 Å². The van der Waals surface area contributed by atoms with Crippen molar-refractivity contribution in [2.75, 3.05) is 10.5 Å². The predicted octanol–water partition coefficient (Wildman–Crippen LogP) is 2.60. The highest BCUT2D eigenvalue weighted by atomic mass is 32.2. The molecule has 2 aromatic rings. The van der Waals surface area contributed by atoms with Crippen molar-refractivity contribution in [2.45, 2.75) is 17.6 Å². The zero-order chi connectivity index (χ0) is 15.6. The lowest BCUT2D eigenvalue weighted by molar-refractivity contribution is -0.383. The molecule has 2 rings (SSSR count). The van der Waals surface area contributed by atoms with E-state index in [0.29, 0.717) is 23.4 Å². The van der Waals surface area contributed by atoms with E-state index >= 15 is 0 Å². The van der Waals surface area contributed by atoms with Crippen molar-refractivity contribution >= 4 is 37.7 Å². The minimum atomic E-state index is -3.90. The van der Waals surface area contributed by atoms with Crippen molar-refractivity contribution in [1.29, 1.82) is 0 Å². The summed E-state index contributed by atoms with van der Waals surface area (Å²) in [4.78, 5) is 10.0. The molecule has 1 aromatic carbocycles. The summed E-state index contributed by atoms with van der Waals surface area (Å²) < 4.78 is 26.8. The molecule has 0 aliphatic heterocycles. The molecule has 9 heteroatoms. The smallest absolute Gasteiger partial charge is 0.304 e. The van der Waals surface area contributed by atoms with E-state index in [0.717, 1.165) is 11.6 Å². The van der Waals surface area contributed by atoms with Crippen molar-refractivity contribution in [3.63, 3.8) is 0 Å². The SMILES string of the molecule is CCc1ccccc1NS(=O)(=O)c1cc([N+](=O)[O-])c(N)s1. The van der Waals surface area contributed by atoms with Gasteiger partial charge in [-0.3, -0.25) is 14.8 Å². The second kappa shape index (κ2) is 5.70. The maximum atomic E-state index is 12.3. The van der Waals surface area contributed by atoms with Crippen LogP contribution in [-0.2, 0) is 16.4 Å². The summed E-state index contributed by atoms with van der Waals surface area (Å²) in [5, 5.41) is 10.6. The van der Waals surface area contributed by atoms with Gasteiger partial charge >= 0.3 is 5.69 Å². The van der Waals surface area contributed by atoms with E-state index in [1.807, 2.05) is 19.1 Å². The fraction of sp³-hybridized carbons (Fsp3) is 0.167. The number of nitro groups is 1. The Bertz CT molecular complexity index is 784. The van der Waals surface area contributed by atoms with Crippen LogP contribution in [0.1, 0.15) is 12.5 Å². The third kappa shape index (κ3) is 3.14. The fourth-order valence-electron chi connectivity index (χ4n) is 1.77. The third-order valence-electron chi connectivity index (χ3n) is 2.82. The van der Waals surface area contributed by atoms with Gasteiger partial charge in [-0.05, 0) is 18.1 Å². The lowest BCUT2D eigenvalue weighted by Gasteiger charge is -2.09. The zero-order valence-electron chi connectivity index (χ0n) is 11.1. The number of nitrogens with one attached hydrogen (secondary N) is 1. The van der Waals surface area contributed by atoms with Crippen LogP contribution in [-0.4, -0.2) is 13.3 Å². The molecule has 0 unspecified atom stereocenters. The van der Waals surface area contributed by atoms with E-state index in [2.05, 4.69) is 4.72 Å². The number of anilines is 2. The van der Waals surface area contributed by atoms with Crippen LogP contribution in [0.5, 0.6) is 0 Å². The highest BCUT2D eigenvalue weighted by Crippen LogP contribution is 2.35. The first kappa shape index (κ1) is 15.3. The van der Waals surface area contributed by atoms with Crippen molar-refractivity contribution < 1.29 is 13.3 Å². The molecule has 3 N–H and O–H groups in total. The number of sulfonamides is 1. The van der Waals surface area contributed by atoms with Crippen LogP contribution in [0, 0.1) is 10.1 Å². The van der Waals surface area contributed by atoms with E-state index in [9.17, 15) is 18.5 Å². The van der Waals surface area contributed by atoms with Gasteiger partial charge in [-0.15, -0.1) is 0 Å². The van der Waals surface area contributed by atoms with Gasteiger partial charge in [-0.1, -0.05) is 36.5 Å². The molecule has 0 saturated carbocycles. The fourth-order valence-corrected chi connectivity index (χ4v) is 4.09. The van der Waals surface area contributed by atoms with Crippen LogP contribution in [0.4, 0.5) is 16.4 Å². The first-order valence-electron chi connectivity index (χ1n) is 5.99. The Labute approximate surface area is 125 Å². The average Bonchev–Trinajstić information content (AvgIpc) is 2.82. The zero-order valence-corrected chi connectivity index (χ0v) is 12.7. The number of nitrogens with two attached hydrogens (primary N) is 1. The first-order valence-corrected chi connectivity index (χ1v) is 8.29. The molecule has 0 radical (unpaired) electrons. The molecule has 0 amide bonds. The number of nitrogen functional groups attached to an aromatic ring is 1. The molecule has 0 saturated heterocycles. The van der Waals surface area contributed by atoms with Gasteiger partial charge < -0.3 is 5.73 Å². The van der Waals surface area contributed by atoms with Crippen molar-refractivity contribution in [1.82, 2.24) is 0 Å². The summed E-state index contributed by atoms with van der Waals surface area (Å²) in [5.41, 5.74) is 6.36. The van der Waals surface area contributed by atoms with Gasteiger partial charge in [-0.25, -0.2) is 8.42 Å². The minimum Gasteiger partial charge on any atom is -0.385 e. The molecule has 21 heavy (non-hydrogen) atoms. The highest BCUT2D eigenvalue weighted by molar-refractivity contribution is 7.94. The molecular weight excluding hydrogens is 314 g/mol. The van der Waals surface area contributed by atoms with Crippen molar-refractivity contribution in [3.8, 4) is 0 Å². The number of rotatable bonds is 5. The van der Waals surface area contributed by atoms with Gasteiger partial charge in [-0.2, -0.15) is 0 Å². The maximum Gasteiger partial charge on any atom is 0.304 e. The third-order valence-corrected chi connectivity index (χ3v) is 5.61. The first-order chi connectivity index (χ1) is 9.85. The summed E-state index contributed by atoms with van der Waals surface area (Å²) in [6.07, 6.45) is 0.658. The second-order valence-corrected chi connectivity index (χ2v) is 7.18. The number of nitrogens with zero attached hydrogens (tertiary/aromatic N) is 1. The molecule has 1 aromatic heterocycles. The van der Waals surface area contributed by atoms with Crippen LogP contribution >= 0.6 is 11.3 Å². The van der Waals surface area contributed by atoms with E-state index in [4.69, 9.17) is 5.73 Å². The van der Waals surface area contributed by atoms with Crippen LogP contribution in [0.25, 0.3) is 0 Å². The molecule has 0 atom stereocenters. The quantitative estimate of drug-likeness (QED) is 0.647. The Kier molecular flexibility index (Phi) is 4.14. The number of hydrogen-bond acceptors (Lipinski definition) is 6. The summed E-state index contributed by atoms with van der Waals surface area (Å²) >= 11 is 0.668. The number of para-hydroxylation sites is 1. The van der Waals surface area contributed by atoms with Gasteiger partial charge in [0.25, 0.3) is 10.0 Å². The Morgan fingerprint density at radius 3 is 2.62 bits per heavy atom. The molecule has 0 fully saturated rings. The van der Waals surface area contributed by atoms with Crippen LogP contribution in [0.2, 0.25) is 0 Å². The number of benzene rings is 1. The summed E-state index contributed by atoms with van der Waals surface area (Å²) in [5.74, 6) is 0. The largest absolute Gasteiger partial charge is 0.385 e. The number of hydrogen-bond donors (Lipinski definition) is 2. The Morgan fingerprint density at radius 2 is 2.05 bits per heavy atom. The molecule has 112 valence electrons. The molecule has 0 spiro atoms. The monoisotopic (exact) mass is 327 g/mol. The molecular formula is C12H13N3O4S2. The Morgan fingerprint density at radius 1 is 1.38 bits per heavy atom. The van der Waals surface area contributed by atoms with Crippen molar-refractivity contribution in [3.05, 3.63) is 46.0 Å². The molecule has 0 bridgehead atoms. The van der Waals surface area contributed by atoms with Crippen LogP contribution in [0.3, 0.4) is 0 Å². The van der Waals surface area contributed by atoms with Gasteiger partial charge in [0.1, 0.15) is 4.21 Å². The van der Waals surface area contributed by atoms with E-state index in [1.165, 1.54) is 0 Å². The Balaban J connectivity index is 2.39. The predicted molar refractivity (Wildman–Crippen MR) is 82.0 cm³/mol. The molecule has 7 nitrogen and oxygen atoms in total. The van der Waals surface area contributed by atoms with Crippen LogP contribution < -0.4 is 10.5 Å². The normalized spacial score (nSPS) is 11.3. The maximum absolute atomic E-state index is 12.3. The molecule has 1 heterocycles. The van der Waals surface area contributed by atoms with E-state index in [-0.39, 0.29) is 9.21 Å². The van der Waals surface area contributed by atoms with E-state index in [1.54, 1.807) is 12.1 Å². The number of aryl methyl sites for hydroxylation is 1. The average molecular weight is 327 g/mol. The number of thiophene rings is 1. The second-order valence-electron chi connectivity index (χ2n) is 4.19. The van der Waals surface area contributed by atoms with Gasteiger partial charge in [0.2, 0.25) is 0 Å². The Hall–Kier alpha value is -2.13. The summed E-state index contributed by atoms with van der Waals surface area (Å²) in [6, 6.07) is 7.94. The highest BCUT2D eigenvalue weighted by Gasteiger charge is 2.25. The summed E-state index contributed by atoms with van der Waals surface area (Å²) in [6.45, 7) is 1.90. The van der Waals surface area contributed by atoms with Gasteiger partial charge in [0, 0.05) is 6.07 Å². The molecule has 0 aliphatic rings. The molecule has 0 aliphatic carbocycles. The van der Waals surface area contributed by atoms with E-state index < -0.39 is 20.6 Å². The van der Waals surface area contributed by atoms with Crippen LogP contribution in [0.15, 0.2) is 34.5 Å². The lowest BCUT2D eigenvalue weighted by Crippen LogP contribution is -2.12. The lowest BCUT2D eigenvalue weighted by atomic mass is 10.1. The minimum absolute atomic E-state index is 0.135. The summed E-state index contributed by atoms with van der Waals surface area (Å²) in [7, 11) is -3.90. The van der Waals surface area contributed by atoms with Gasteiger partial charge in [0.15, 0.2) is 5.00 Å². The van der Waals surface area contributed by atoms with Gasteiger partial charge in [0.05, 0.1) is 10.6 Å². The topological polar surface area (TPSA) is 115 Å². The standard InChI is InChI=1S/C12H13N3O4S2/c1-2-8-5-3-4-6-9(8)14-21(18,19)11-7-10(15(16)17)12(13)20-11/h3-7,14H,2,13H2,1H3.